The number of hydrogen-bond acceptors (Lipinski definition) is 3. The normalized spacial score (nSPS) is 13.0. The summed E-state index contributed by atoms with van der Waals surface area (Å²) in [5.74, 6) is 0.586. The first-order valence-corrected chi connectivity index (χ1v) is 7.54. The standard InChI is InChI=1S/C19H17NO2/c20-12-14-5-9-18(10-6-14)22-13-19(21)17-8-7-15-3-1-2-4-16(15)11-17/h5-11H,1-4,13H2. The Balaban J connectivity index is 1.65. The van der Waals surface area contributed by atoms with Crippen LogP contribution in [-0.4, -0.2) is 12.4 Å². The molecule has 0 spiro atoms. The minimum absolute atomic E-state index is 0.0160. The number of carbonyl (C=O) groups is 1. The van der Waals surface area contributed by atoms with Crippen molar-refractivity contribution in [2.75, 3.05) is 6.61 Å². The van der Waals surface area contributed by atoms with E-state index in [9.17, 15) is 4.79 Å². The fraction of sp³-hybridized carbons (Fsp3) is 0.263. The van der Waals surface area contributed by atoms with Crippen molar-refractivity contribution in [3.05, 3.63) is 64.7 Å². The molecule has 0 saturated heterocycles. The van der Waals surface area contributed by atoms with Crippen molar-refractivity contribution in [1.82, 2.24) is 0 Å². The Morgan fingerprint density at radius 1 is 1.05 bits per heavy atom. The van der Waals surface area contributed by atoms with Gasteiger partial charge in [-0.25, -0.2) is 0 Å². The lowest BCUT2D eigenvalue weighted by atomic mass is 9.90. The quantitative estimate of drug-likeness (QED) is 0.807. The summed E-state index contributed by atoms with van der Waals surface area (Å²) < 4.78 is 5.51. The minimum atomic E-state index is -0.0160. The third-order valence-corrected chi connectivity index (χ3v) is 4.02. The molecule has 0 atom stereocenters. The first kappa shape index (κ1) is 14.3. The summed E-state index contributed by atoms with van der Waals surface area (Å²) in [6.45, 7) is 0.0185. The van der Waals surface area contributed by atoms with E-state index in [-0.39, 0.29) is 12.4 Å². The number of rotatable bonds is 4. The first-order chi connectivity index (χ1) is 10.8. The van der Waals surface area contributed by atoms with Gasteiger partial charge < -0.3 is 4.74 Å². The molecular formula is C19H17NO2. The van der Waals surface area contributed by atoms with Crippen molar-refractivity contribution in [3.63, 3.8) is 0 Å². The maximum Gasteiger partial charge on any atom is 0.200 e. The van der Waals surface area contributed by atoms with Crippen molar-refractivity contribution in [1.29, 1.82) is 5.26 Å². The zero-order chi connectivity index (χ0) is 15.4. The maximum absolute atomic E-state index is 12.2. The van der Waals surface area contributed by atoms with Gasteiger partial charge in [-0.1, -0.05) is 12.1 Å². The summed E-state index contributed by atoms with van der Waals surface area (Å²) >= 11 is 0. The predicted molar refractivity (Wildman–Crippen MR) is 84.1 cm³/mol. The Hall–Kier alpha value is -2.60. The summed E-state index contributed by atoms with van der Waals surface area (Å²) in [7, 11) is 0. The predicted octanol–water partition coefficient (Wildman–Crippen LogP) is 3.70. The second-order valence-electron chi connectivity index (χ2n) is 5.54. The van der Waals surface area contributed by atoms with Gasteiger partial charge in [-0.2, -0.15) is 5.26 Å². The SMILES string of the molecule is N#Cc1ccc(OCC(=O)c2ccc3c(c2)CCCC3)cc1. The number of carbonyl (C=O) groups excluding carboxylic acids is 1. The van der Waals surface area contributed by atoms with Gasteiger partial charge >= 0.3 is 0 Å². The summed E-state index contributed by atoms with van der Waals surface area (Å²) in [6, 6.07) is 14.8. The molecule has 0 aliphatic heterocycles. The Kier molecular flexibility index (Phi) is 4.20. The number of fused-ring (bicyclic) bond motifs is 1. The van der Waals surface area contributed by atoms with Crippen LogP contribution in [0.1, 0.15) is 39.9 Å². The van der Waals surface area contributed by atoms with E-state index in [4.69, 9.17) is 10.00 Å². The van der Waals surface area contributed by atoms with E-state index in [1.165, 1.54) is 24.0 Å². The van der Waals surface area contributed by atoms with Crippen LogP contribution in [0.2, 0.25) is 0 Å². The van der Waals surface area contributed by atoms with Crippen LogP contribution in [0.5, 0.6) is 5.75 Å². The zero-order valence-corrected chi connectivity index (χ0v) is 12.3. The van der Waals surface area contributed by atoms with E-state index in [2.05, 4.69) is 12.1 Å². The largest absolute Gasteiger partial charge is 0.485 e. The van der Waals surface area contributed by atoms with Gasteiger partial charge in [-0.3, -0.25) is 4.79 Å². The molecule has 2 aromatic rings. The molecule has 110 valence electrons. The van der Waals surface area contributed by atoms with Gasteiger partial charge in [0, 0.05) is 5.56 Å². The summed E-state index contributed by atoms with van der Waals surface area (Å²) in [5, 5.41) is 8.75. The van der Waals surface area contributed by atoms with Crippen molar-refractivity contribution in [3.8, 4) is 11.8 Å². The van der Waals surface area contributed by atoms with Gasteiger partial charge in [0.05, 0.1) is 11.6 Å². The molecular weight excluding hydrogens is 274 g/mol. The second-order valence-corrected chi connectivity index (χ2v) is 5.54. The summed E-state index contributed by atoms with van der Waals surface area (Å²) in [5.41, 5.74) is 3.97. The van der Waals surface area contributed by atoms with E-state index in [1.807, 2.05) is 12.1 Å². The fourth-order valence-corrected chi connectivity index (χ4v) is 2.76. The molecule has 3 heteroatoms. The van der Waals surface area contributed by atoms with Gasteiger partial charge in [-0.05, 0) is 67.1 Å². The maximum atomic E-state index is 12.2. The molecule has 0 saturated carbocycles. The van der Waals surface area contributed by atoms with Gasteiger partial charge in [0.25, 0.3) is 0 Å². The lowest BCUT2D eigenvalue weighted by Crippen LogP contribution is -2.13. The zero-order valence-electron chi connectivity index (χ0n) is 12.3. The summed E-state index contributed by atoms with van der Waals surface area (Å²) in [6.07, 6.45) is 4.62. The van der Waals surface area contributed by atoms with Crippen LogP contribution in [0, 0.1) is 11.3 Å². The number of Topliss-reactive ketones (excluding diaryl/α,β-unsaturated/α-hetero) is 1. The number of aryl methyl sites for hydroxylation is 2. The van der Waals surface area contributed by atoms with E-state index >= 15 is 0 Å². The minimum Gasteiger partial charge on any atom is -0.485 e. The molecule has 0 heterocycles. The van der Waals surface area contributed by atoms with Gasteiger partial charge in [0.15, 0.2) is 12.4 Å². The van der Waals surface area contributed by atoms with Crippen LogP contribution in [0.3, 0.4) is 0 Å². The second kappa shape index (κ2) is 6.44. The molecule has 0 radical (unpaired) electrons. The van der Waals surface area contributed by atoms with Crippen molar-refractivity contribution >= 4 is 5.78 Å². The molecule has 1 aliphatic carbocycles. The Morgan fingerprint density at radius 2 is 1.77 bits per heavy atom. The molecule has 0 unspecified atom stereocenters. The molecule has 1 aliphatic rings. The van der Waals surface area contributed by atoms with Crippen LogP contribution in [0.25, 0.3) is 0 Å². The molecule has 2 aromatic carbocycles. The highest BCUT2D eigenvalue weighted by molar-refractivity contribution is 5.97. The van der Waals surface area contributed by atoms with Gasteiger partial charge in [0.2, 0.25) is 0 Å². The third kappa shape index (κ3) is 3.17. The first-order valence-electron chi connectivity index (χ1n) is 7.54. The lowest BCUT2D eigenvalue weighted by molar-refractivity contribution is 0.0921. The molecule has 3 nitrogen and oxygen atoms in total. The number of hydrogen-bond donors (Lipinski definition) is 0. The van der Waals surface area contributed by atoms with E-state index < -0.39 is 0 Å². The molecule has 0 fully saturated rings. The van der Waals surface area contributed by atoms with Crippen LogP contribution in [-0.2, 0) is 12.8 Å². The van der Waals surface area contributed by atoms with Crippen molar-refractivity contribution < 1.29 is 9.53 Å². The van der Waals surface area contributed by atoms with Crippen LogP contribution < -0.4 is 4.74 Å². The fourth-order valence-electron chi connectivity index (χ4n) is 2.76. The smallest absolute Gasteiger partial charge is 0.200 e. The number of nitrogens with zero attached hydrogens (tertiary/aromatic N) is 1. The number of ketones is 1. The molecule has 22 heavy (non-hydrogen) atoms. The highest BCUT2D eigenvalue weighted by atomic mass is 16.5. The average Bonchev–Trinajstić information content (AvgIpc) is 2.59. The number of nitriles is 1. The number of benzene rings is 2. The highest BCUT2D eigenvalue weighted by Gasteiger charge is 2.13. The lowest BCUT2D eigenvalue weighted by Gasteiger charge is -2.16. The molecule has 3 rings (SSSR count). The van der Waals surface area contributed by atoms with Crippen molar-refractivity contribution in [2.45, 2.75) is 25.7 Å². The molecule has 0 N–H and O–H groups in total. The third-order valence-electron chi connectivity index (χ3n) is 4.02. The molecule has 0 amide bonds. The Morgan fingerprint density at radius 3 is 2.50 bits per heavy atom. The van der Waals surface area contributed by atoms with Gasteiger partial charge in [0.1, 0.15) is 5.75 Å². The number of ether oxygens (including phenoxy) is 1. The van der Waals surface area contributed by atoms with Crippen LogP contribution in [0.15, 0.2) is 42.5 Å². The van der Waals surface area contributed by atoms with Gasteiger partial charge in [-0.15, -0.1) is 0 Å². The highest BCUT2D eigenvalue weighted by Crippen LogP contribution is 2.22. The Labute approximate surface area is 130 Å². The Bertz CT molecular complexity index is 726. The average molecular weight is 291 g/mol. The van der Waals surface area contributed by atoms with E-state index in [0.717, 1.165) is 12.8 Å². The molecule has 0 bridgehead atoms. The van der Waals surface area contributed by atoms with Crippen molar-refractivity contribution in [2.24, 2.45) is 0 Å². The topological polar surface area (TPSA) is 50.1 Å². The summed E-state index contributed by atoms with van der Waals surface area (Å²) in [4.78, 5) is 12.2. The van der Waals surface area contributed by atoms with Crippen LogP contribution >= 0.6 is 0 Å². The van der Waals surface area contributed by atoms with Crippen LogP contribution in [0.4, 0.5) is 0 Å². The molecule has 0 aromatic heterocycles. The monoisotopic (exact) mass is 291 g/mol. The van der Waals surface area contributed by atoms with E-state index in [0.29, 0.717) is 16.9 Å². The van der Waals surface area contributed by atoms with E-state index in [1.54, 1.807) is 24.3 Å².